The molecule has 5 nitrogen and oxygen atoms in total. The van der Waals surface area contributed by atoms with Crippen molar-refractivity contribution in [2.75, 3.05) is 17.7 Å². The largest absolute Gasteiger partial charge is 0.492 e. The van der Waals surface area contributed by atoms with Crippen LogP contribution in [0.1, 0.15) is 34.8 Å². The van der Waals surface area contributed by atoms with Gasteiger partial charge in [-0.2, -0.15) is 0 Å². The molecule has 0 radical (unpaired) electrons. The number of benzene rings is 1. The highest BCUT2D eigenvalue weighted by molar-refractivity contribution is 7.15. The number of nitrogens with two attached hydrogens (primary N) is 1. The summed E-state index contributed by atoms with van der Waals surface area (Å²) in [5, 5.41) is 3.42. The second kappa shape index (κ2) is 6.58. The number of amides is 1. The van der Waals surface area contributed by atoms with Gasteiger partial charge in [0.1, 0.15) is 5.75 Å². The molecule has 2 rings (SSSR count). The molecule has 21 heavy (non-hydrogen) atoms. The molecule has 3 N–H and O–H groups in total. The van der Waals surface area contributed by atoms with Crippen molar-refractivity contribution in [1.82, 2.24) is 4.98 Å². The molecule has 0 bridgehead atoms. The quantitative estimate of drug-likeness (QED) is 0.831. The third kappa shape index (κ3) is 3.52. The fourth-order valence-electron chi connectivity index (χ4n) is 1.96. The van der Waals surface area contributed by atoms with Crippen LogP contribution < -0.4 is 15.8 Å². The zero-order valence-electron chi connectivity index (χ0n) is 12.4. The number of hydrogen-bond acceptors (Lipinski definition) is 5. The number of rotatable bonds is 5. The van der Waals surface area contributed by atoms with Crippen molar-refractivity contribution in [2.45, 2.75) is 27.2 Å². The monoisotopic (exact) mass is 305 g/mol. The van der Waals surface area contributed by atoms with Crippen molar-refractivity contribution >= 4 is 28.1 Å². The van der Waals surface area contributed by atoms with Gasteiger partial charge in [-0.05, 0) is 38.5 Å². The number of aryl methyl sites for hydroxylation is 2. The Bertz CT molecular complexity index is 652. The van der Waals surface area contributed by atoms with Crippen LogP contribution in [0.4, 0.5) is 10.8 Å². The molecule has 1 aromatic carbocycles. The van der Waals surface area contributed by atoms with Gasteiger partial charge in [0.15, 0.2) is 5.13 Å². The van der Waals surface area contributed by atoms with Crippen molar-refractivity contribution in [3.05, 3.63) is 34.3 Å². The second-order valence-electron chi connectivity index (χ2n) is 4.52. The zero-order chi connectivity index (χ0) is 15.4. The maximum Gasteiger partial charge on any atom is 0.257 e. The SMILES string of the molecule is CCOc1ccc(C(=O)Nc2nc(CC)c(C)s2)cc1N. The third-order valence-electron chi connectivity index (χ3n) is 3.02. The normalized spacial score (nSPS) is 10.4. The number of nitrogens with zero attached hydrogens (tertiary/aromatic N) is 1. The van der Waals surface area contributed by atoms with E-state index in [2.05, 4.69) is 10.3 Å². The summed E-state index contributed by atoms with van der Waals surface area (Å²) in [5.41, 5.74) is 7.83. The van der Waals surface area contributed by atoms with Crippen LogP contribution in [0.25, 0.3) is 0 Å². The van der Waals surface area contributed by atoms with E-state index in [0.717, 1.165) is 17.0 Å². The molecule has 0 spiro atoms. The first-order valence-electron chi connectivity index (χ1n) is 6.85. The Morgan fingerprint density at radius 3 is 2.76 bits per heavy atom. The molecule has 2 aromatic rings. The zero-order valence-corrected chi connectivity index (χ0v) is 13.2. The molecule has 1 amide bonds. The van der Waals surface area contributed by atoms with E-state index >= 15 is 0 Å². The Hall–Kier alpha value is -2.08. The number of thiazole rings is 1. The molecule has 0 atom stereocenters. The summed E-state index contributed by atoms with van der Waals surface area (Å²) in [5.74, 6) is 0.369. The molecular formula is C15H19N3O2S. The molecule has 0 aliphatic rings. The average Bonchev–Trinajstić information content (AvgIpc) is 2.81. The summed E-state index contributed by atoms with van der Waals surface area (Å²) >= 11 is 1.48. The number of ether oxygens (including phenoxy) is 1. The molecule has 0 aliphatic carbocycles. The first-order chi connectivity index (χ1) is 10.0. The molecule has 1 aromatic heterocycles. The van der Waals surface area contributed by atoms with Crippen LogP contribution in [-0.4, -0.2) is 17.5 Å². The van der Waals surface area contributed by atoms with Crippen LogP contribution in [0.5, 0.6) is 5.75 Å². The molecule has 112 valence electrons. The number of carbonyl (C=O) groups is 1. The molecule has 0 aliphatic heterocycles. The second-order valence-corrected chi connectivity index (χ2v) is 5.72. The first-order valence-corrected chi connectivity index (χ1v) is 7.66. The predicted molar refractivity (Wildman–Crippen MR) is 86.2 cm³/mol. The van der Waals surface area contributed by atoms with Crippen molar-refractivity contribution in [2.24, 2.45) is 0 Å². The lowest BCUT2D eigenvalue weighted by Gasteiger charge is -2.08. The van der Waals surface area contributed by atoms with E-state index in [1.54, 1.807) is 18.2 Å². The molecule has 1 heterocycles. The van der Waals surface area contributed by atoms with Gasteiger partial charge in [-0.25, -0.2) is 4.98 Å². The topological polar surface area (TPSA) is 77.2 Å². The van der Waals surface area contributed by atoms with E-state index in [1.165, 1.54) is 11.3 Å². The lowest BCUT2D eigenvalue weighted by atomic mass is 10.2. The highest BCUT2D eigenvalue weighted by Crippen LogP contribution is 2.25. The Labute approximate surface area is 128 Å². The first kappa shape index (κ1) is 15.3. The molecular weight excluding hydrogens is 286 g/mol. The van der Waals surface area contributed by atoms with Crippen molar-refractivity contribution in [1.29, 1.82) is 0 Å². The van der Waals surface area contributed by atoms with Crippen LogP contribution in [0.15, 0.2) is 18.2 Å². The minimum atomic E-state index is -0.221. The smallest absolute Gasteiger partial charge is 0.257 e. The minimum Gasteiger partial charge on any atom is -0.492 e. The van der Waals surface area contributed by atoms with Gasteiger partial charge in [-0.1, -0.05) is 6.92 Å². The van der Waals surface area contributed by atoms with E-state index in [9.17, 15) is 4.79 Å². The summed E-state index contributed by atoms with van der Waals surface area (Å²) in [7, 11) is 0. The van der Waals surface area contributed by atoms with Gasteiger partial charge >= 0.3 is 0 Å². The lowest BCUT2D eigenvalue weighted by Crippen LogP contribution is -2.12. The third-order valence-corrected chi connectivity index (χ3v) is 3.95. The number of aromatic nitrogens is 1. The van der Waals surface area contributed by atoms with Crippen molar-refractivity contribution in [3.63, 3.8) is 0 Å². The maximum atomic E-state index is 12.2. The van der Waals surface area contributed by atoms with Gasteiger partial charge in [0.25, 0.3) is 5.91 Å². The van der Waals surface area contributed by atoms with E-state index in [0.29, 0.717) is 28.7 Å². The van der Waals surface area contributed by atoms with Gasteiger partial charge < -0.3 is 10.5 Å². The van der Waals surface area contributed by atoms with Crippen molar-refractivity contribution in [3.8, 4) is 5.75 Å². The molecule has 0 saturated heterocycles. The van der Waals surface area contributed by atoms with Gasteiger partial charge in [0, 0.05) is 10.4 Å². The highest BCUT2D eigenvalue weighted by atomic mass is 32.1. The van der Waals surface area contributed by atoms with Gasteiger partial charge in [0.2, 0.25) is 0 Å². The molecule has 0 fully saturated rings. The summed E-state index contributed by atoms with van der Waals surface area (Å²) in [6, 6.07) is 5.01. The Morgan fingerprint density at radius 2 is 2.19 bits per heavy atom. The fourth-order valence-corrected chi connectivity index (χ4v) is 2.85. The number of nitrogens with one attached hydrogen (secondary N) is 1. The fraction of sp³-hybridized carbons (Fsp3) is 0.333. The standard InChI is InChI=1S/C15H19N3O2S/c1-4-12-9(3)21-15(17-12)18-14(19)10-6-7-13(20-5-2)11(16)8-10/h6-8H,4-5,16H2,1-3H3,(H,17,18,19). The average molecular weight is 305 g/mol. The van der Waals surface area contributed by atoms with Gasteiger partial charge in [-0.15, -0.1) is 11.3 Å². The highest BCUT2D eigenvalue weighted by Gasteiger charge is 2.12. The summed E-state index contributed by atoms with van der Waals surface area (Å²) in [6.07, 6.45) is 0.855. The Morgan fingerprint density at radius 1 is 1.43 bits per heavy atom. The van der Waals surface area contributed by atoms with Crippen LogP contribution in [0.2, 0.25) is 0 Å². The van der Waals surface area contributed by atoms with Crippen LogP contribution >= 0.6 is 11.3 Å². The Kier molecular flexibility index (Phi) is 4.80. The maximum absolute atomic E-state index is 12.2. The number of hydrogen-bond donors (Lipinski definition) is 2. The van der Waals surface area contributed by atoms with Crippen molar-refractivity contribution < 1.29 is 9.53 Å². The van der Waals surface area contributed by atoms with Crippen LogP contribution in [0.3, 0.4) is 0 Å². The minimum absolute atomic E-state index is 0.221. The molecule has 6 heteroatoms. The van der Waals surface area contributed by atoms with E-state index in [1.807, 2.05) is 20.8 Å². The predicted octanol–water partition coefficient (Wildman–Crippen LogP) is 3.25. The van der Waals surface area contributed by atoms with E-state index in [-0.39, 0.29) is 5.91 Å². The molecule has 0 saturated carbocycles. The number of anilines is 2. The van der Waals surface area contributed by atoms with Gasteiger partial charge in [0.05, 0.1) is 18.0 Å². The lowest BCUT2D eigenvalue weighted by molar-refractivity contribution is 0.102. The number of nitrogen functional groups attached to an aromatic ring is 1. The van der Waals surface area contributed by atoms with Gasteiger partial charge in [-0.3, -0.25) is 10.1 Å². The summed E-state index contributed by atoms with van der Waals surface area (Å²) in [6.45, 7) is 6.46. The van der Waals surface area contributed by atoms with E-state index in [4.69, 9.17) is 10.5 Å². The molecule has 0 unspecified atom stereocenters. The summed E-state index contributed by atoms with van der Waals surface area (Å²) < 4.78 is 5.36. The van der Waals surface area contributed by atoms with Crippen LogP contribution in [-0.2, 0) is 6.42 Å². The Balaban J connectivity index is 2.14. The van der Waals surface area contributed by atoms with Crippen LogP contribution in [0, 0.1) is 6.92 Å². The number of carbonyl (C=O) groups excluding carboxylic acids is 1. The summed E-state index contributed by atoms with van der Waals surface area (Å²) in [4.78, 5) is 17.7. The van der Waals surface area contributed by atoms with E-state index < -0.39 is 0 Å².